The van der Waals surface area contributed by atoms with E-state index in [0.717, 1.165) is 12.1 Å². The van der Waals surface area contributed by atoms with Gasteiger partial charge in [0.25, 0.3) is 5.91 Å². The van der Waals surface area contributed by atoms with Crippen LogP contribution in [0.2, 0.25) is 0 Å². The number of carboxylic acid groups (broad SMARTS) is 1. The van der Waals surface area contributed by atoms with E-state index < -0.39 is 17.7 Å². The SMILES string of the molecule is O=C(Nc1nccnc1C(=O)O)c1ccc(F)cc1Br. The summed E-state index contributed by atoms with van der Waals surface area (Å²) in [6.45, 7) is 0. The lowest BCUT2D eigenvalue weighted by Gasteiger charge is -2.07. The summed E-state index contributed by atoms with van der Waals surface area (Å²) in [4.78, 5) is 30.3. The van der Waals surface area contributed by atoms with Crippen LogP contribution in [-0.4, -0.2) is 27.0 Å². The molecule has 1 aromatic heterocycles. The molecule has 102 valence electrons. The summed E-state index contributed by atoms with van der Waals surface area (Å²) in [7, 11) is 0. The average molecular weight is 340 g/mol. The molecule has 0 aliphatic rings. The Morgan fingerprint density at radius 2 is 1.95 bits per heavy atom. The Hall–Kier alpha value is -2.35. The predicted octanol–water partition coefficient (Wildman–Crippen LogP) is 2.33. The van der Waals surface area contributed by atoms with Crippen LogP contribution in [-0.2, 0) is 0 Å². The third-order valence-corrected chi connectivity index (χ3v) is 2.96. The molecule has 0 radical (unpaired) electrons. The van der Waals surface area contributed by atoms with E-state index in [1.807, 2.05) is 0 Å². The quantitative estimate of drug-likeness (QED) is 0.895. The molecule has 0 unspecified atom stereocenters. The molecule has 1 heterocycles. The molecule has 1 aromatic carbocycles. The Kier molecular flexibility index (Phi) is 4.04. The summed E-state index contributed by atoms with van der Waals surface area (Å²) < 4.78 is 13.2. The van der Waals surface area contributed by atoms with Crippen molar-refractivity contribution in [2.45, 2.75) is 0 Å². The second-order valence-electron chi connectivity index (χ2n) is 3.64. The molecule has 8 heteroatoms. The van der Waals surface area contributed by atoms with Gasteiger partial charge in [-0.2, -0.15) is 0 Å². The van der Waals surface area contributed by atoms with Crippen LogP contribution in [0.25, 0.3) is 0 Å². The monoisotopic (exact) mass is 339 g/mol. The minimum absolute atomic E-state index is 0.147. The number of hydrogen-bond donors (Lipinski definition) is 2. The molecule has 2 N–H and O–H groups in total. The second kappa shape index (κ2) is 5.74. The molecule has 0 fully saturated rings. The van der Waals surface area contributed by atoms with Crippen molar-refractivity contribution in [2.24, 2.45) is 0 Å². The van der Waals surface area contributed by atoms with Gasteiger partial charge >= 0.3 is 5.97 Å². The maximum absolute atomic E-state index is 12.9. The number of hydrogen-bond acceptors (Lipinski definition) is 4. The van der Waals surface area contributed by atoms with Gasteiger partial charge in [-0.3, -0.25) is 4.79 Å². The Morgan fingerprint density at radius 3 is 2.60 bits per heavy atom. The van der Waals surface area contributed by atoms with Crippen molar-refractivity contribution in [3.05, 3.63) is 52.1 Å². The van der Waals surface area contributed by atoms with Gasteiger partial charge in [-0.15, -0.1) is 0 Å². The zero-order valence-corrected chi connectivity index (χ0v) is 11.4. The van der Waals surface area contributed by atoms with Crippen LogP contribution in [0.15, 0.2) is 35.1 Å². The van der Waals surface area contributed by atoms with E-state index in [4.69, 9.17) is 5.11 Å². The van der Waals surface area contributed by atoms with Crippen LogP contribution in [0.1, 0.15) is 20.8 Å². The molecule has 6 nitrogen and oxygen atoms in total. The highest BCUT2D eigenvalue weighted by atomic mass is 79.9. The number of rotatable bonds is 3. The van der Waals surface area contributed by atoms with E-state index in [0.29, 0.717) is 0 Å². The van der Waals surface area contributed by atoms with Crippen molar-refractivity contribution in [2.75, 3.05) is 5.32 Å². The van der Waals surface area contributed by atoms with Gasteiger partial charge in [-0.1, -0.05) is 0 Å². The Labute approximate surface area is 120 Å². The first-order valence-electron chi connectivity index (χ1n) is 5.29. The van der Waals surface area contributed by atoms with Crippen LogP contribution in [0.5, 0.6) is 0 Å². The first-order chi connectivity index (χ1) is 9.49. The van der Waals surface area contributed by atoms with Gasteiger partial charge in [0.1, 0.15) is 5.82 Å². The number of carbonyl (C=O) groups is 2. The molecule has 0 aliphatic heterocycles. The lowest BCUT2D eigenvalue weighted by atomic mass is 10.2. The molecule has 0 aliphatic carbocycles. The van der Waals surface area contributed by atoms with Crippen molar-refractivity contribution < 1.29 is 19.1 Å². The molecule has 0 spiro atoms. The fourth-order valence-corrected chi connectivity index (χ4v) is 1.97. The van der Waals surface area contributed by atoms with Crippen LogP contribution >= 0.6 is 15.9 Å². The number of nitrogens with one attached hydrogen (secondary N) is 1. The van der Waals surface area contributed by atoms with Gasteiger partial charge in [0.05, 0.1) is 5.56 Å². The Morgan fingerprint density at radius 1 is 1.25 bits per heavy atom. The molecule has 2 rings (SSSR count). The fourth-order valence-electron chi connectivity index (χ4n) is 1.43. The number of aromatic carboxylic acids is 1. The van der Waals surface area contributed by atoms with E-state index >= 15 is 0 Å². The minimum atomic E-state index is -1.31. The fraction of sp³-hybridized carbons (Fsp3) is 0. The van der Waals surface area contributed by atoms with Crippen molar-refractivity contribution in [3.63, 3.8) is 0 Å². The first-order valence-corrected chi connectivity index (χ1v) is 6.09. The molecule has 20 heavy (non-hydrogen) atoms. The third kappa shape index (κ3) is 2.97. The maximum atomic E-state index is 12.9. The van der Waals surface area contributed by atoms with Gasteiger partial charge in [0.15, 0.2) is 11.5 Å². The minimum Gasteiger partial charge on any atom is -0.476 e. The smallest absolute Gasteiger partial charge is 0.358 e. The number of carboxylic acids is 1. The van der Waals surface area contributed by atoms with Crippen molar-refractivity contribution in [3.8, 4) is 0 Å². The van der Waals surface area contributed by atoms with Gasteiger partial charge in [0.2, 0.25) is 0 Å². The highest BCUT2D eigenvalue weighted by Gasteiger charge is 2.17. The molecule has 0 saturated heterocycles. The molecule has 0 saturated carbocycles. The summed E-state index contributed by atoms with van der Waals surface area (Å²) >= 11 is 3.06. The highest BCUT2D eigenvalue weighted by molar-refractivity contribution is 9.10. The Balaban J connectivity index is 2.30. The van der Waals surface area contributed by atoms with E-state index in [-0.39, 0.29) is 21.5 Å². The van der Waals surface area contributed by atoms with Crippen LogP contribution in [0.4, 0.5) is 10.2 Å². The number of nitrogens with zero attached hydrogens (tertiary/aromatic N) is 2. The molecule has 0 bridgehead atoms. The second-order valence-corrected chi connectivity index (χ2v) is 4.49. The van der Waals surface area contributed by atoms with E-state index in [9.17, 15) is 14.0 Å². The number of anilines is 1. The summed E-state index contributed by atoms with van der Waals surface area (Å²) in [5.41, 5.74) is -0.229. The van der Waals surface area contributed by atoms with Crippen molar-refractivity contribution >= 4 is 33.6 Å². The zero-order valence-electron chi connectivity index (χ0n) is 9.80. The van der Waals surface area contributed by atoms with Gasteiger partial charge in [-0.05, 0) is 34.1 Å². The molecule has 1 amide bonds. The molecule has 0 atom stereocenters. The number of benzene rings is 1. The lowest BCUT2D eigenvalue weighted by molar-refractivity contribution is 0.0691. The summed E-state index contributed by atoms with van der Waals surface area (Å²) in [6.07, 6.45) is 2.45. The third-order valence-electron chi connectivity index (χ3n) is 2.31. The standard InChI is InChI=1S/C12H7BrFN3O3/c13-8-5-6(14)1-2-7(8)11(18)17-10-9(12(19)20)15-3-4-16-10/h1-5H,(H,19,20)(H,16,17,18). The zero-order chi connectivity index (χ0) is 14.7. The van der Waals surface area contributed by atoms with Crippen molar-refractivity contribution in [1.82, 2.24) is 9.97 Å². The lowest BCUT2D eigenvalue weighted by Crippen LogP contribution is -2.17. The maximum Gasteiger partial charge on any atom is 0.358 e. The molecular formula is C12H7BrFN3O3. The van der Waals surface area contributed by atoms with Crippen LogP contribution in [0, 0.1) is 5.82 Å². The van der Waals surface area contributed by atoms with Crippen LogP contribution in [0.3, 0.4) is 0 Å². The Bertz CT molecular complexity index is 693. The summed E-state index contributed by atoms with van der Waals surface area (Å²) in [5.74, 6) is -2.62. The van der Waals surface area contributed by atoms with Crippen LogP contribution < -0.4 is 5.32 Å². The predicted molar refractivity (Wildman–Crippen MR) is 71.0 cm³/mol. The largest absolute Gasteiger partial charge is 0.476 e. The van der Waals surface area contributed by atoms with Gasteiger partial charge in [-0.25, -0.2) is 19.2 Å². The molecule has 2 aromatic rings. The number of halogens is 2. The average Bonchev–Trinajstić information content (AvgIpc) is 2.38. The van der Waals surface area contributed by atoms with E-state index in [1.165, 1.54) is 18.5 Å². The van der Waals surface area contributed by atoms with E-state index in [2.05, 4.69) is 31.2 Å². The van der Waals surface area contributed by atoms with Crippen molar-refractivity contribution in [1.29, 1.82) is 0 Å². The van der Waals surface area contributed by atoms with E-state index in [1.54, 1.807) is 0 Å². The summed E-state index contributed by atoms with van der Waals surface area (Å²) in [5, 5.41) is 11.3. The first kappa shape index (κ1) is 14.1. The number of aromatic nitrogens is 2. The highest BCUT2D eigenvalue weighted by Crippen LogP contribution is 2.19. The molecular weight excluding hydrogens is 333 g/mol. The van der Waals surface area contributed by atoms with Gasteiger partial charge in [0, 0.05) is 16.9 Å². The topological polar surface area (TPSA) is 92.2 Å². The van der Waals surface area contributed by atoms with Gasteiger partial charge < -0.3 is 10.4 Å². The normalized spacial score (nSPS) is 10.1. The number of amides is 1. The summed E-state index contributed by atoms with van der Waals surface area (Å²) in [6, 6.07) is 3.52. The number of carbonyl (C=O) groups excluding carboxylic acids is 1.